The Bertz CT molecular complexity index is 1080. The molecule has 1 aromatic heterocycles. The smallest absolute Gasteiger partial charge is 0.138 e. The summed E-state index contributed by atoms with van der Waals surface area (Å²) in [6.07, 6.45) is 4.18. The van der Waals surface area contributed by atoms with Gasteiger partial charge in [0.2, 0.25) is 0 Å². The molecule has 1 atom stereocenters. The second-order valence-corrected chi connectivity index (χ2v) is 7.73. The van der Waals surface area contributed by atoms with E-state index >= 15 is 0 Å². The molecular weight excluding hydrogens is 362 g/mol. The zero-order chi connectivity index (χ0) is 19.8. The van der Waals surface area contributed by atoms with Gasteiger partial charge in [-0.3, -0.25) is 0 Å². The molecule has 2 aliphatic heterocycles. The molecule has 0 bridgehead atoms. The van der Waals surface area contributed by atoms with Crippen LogP contribution in [-0.4, -0.2) is 33.2 Å². The number of benzene rings is 2. The Hall–Kier alpha value is -3.12. The fourth-order valence-electron chi connectivity index (χ4n) is 4.38. The van der Waals surface area contributed by atoms with E-state index in [4.69, 9.17) is 0 Å². The molecule has 29 heavy (non-hydrogen) atoms. The zero-order valence-electron chi connectivity index (χ0n) is 16.5. The summed E-state index contributed by atoms with van der Waals surface area (Å²) in [6, 6.07) is 14.2. The van der Waals surface area contributed by atoms with Crippen LogP contribution in [0.4, 0.5) is 5.69 Å². The Morgan fingerprint density at radius 2 is 2.10 bits per heavy atom. The van der Waals surface area contributed by atoms with Crippen molar-refractivity contribution in [3.05, 3.63) is 65.4 Å². The molecule has 5 rings (SSSR count). The highest BCUT2D eigenvalue weighted by atomic mass is 16.3. The van der Waals surface area contributed by atoms with Gasteiger partial charge in [0.05, 0.1) is 23.1 Å². The first-order chi connectivity index (χ1) is 14.2. The van der Waals surface area contributed by atoms with E-state index in [1.165, 1.54) is 16.7 Å². The Balaban J connectivity index is 1.62. The van der Waals surface area contributed by atoms with Gasteiger partial charge in [0.25, 0.3) is 0 Å². The van der Waals surface area contributed by atoms with Gasteiger partial charge in [-0.15, -0.1) is 5.10 Å². The number of phenolic OH excluding ortho intramolecular Hbond substituents is 1. The highest BCUT2D eigenvalue weighted by molar-refractivity contribution is 5.75. The minimum Gasteiger partial charge on any atom is -0.506 e. The first-order valence-electron chi connectivity index (χ1n) is 10.2. The van der Waals surface area contributed by atoms with Gasteiger partial charge in [0.15, 0.2) is 0 Å². The number of phenols is 1. The standard InChI is InChI=1S/C23H25N5O/c1-15-23-18-7-6-17(16-8-11-24-12-9-16)14-19(18)20(10-13-28(23)27-26-15)25-21-4-2-3-5-22(21)29/h2-8,14,20,24-25,29H,9-13H2,1H3. The van der Waals surface area contributed by atoms with Crippen molar-refractivity contribution in [2.45, 2.75) is 32.4 Å². The summed E-state index contributed by atoms with van der Waals surface area (Å²) in [5.41, 5.74) is 7.85. The lowest BCUT2D eigenvalue weighted by Crippen LogP contribution is -2.20. The zero-order valence-corrected chi connectivity index (χ0v) is 16.5. The van der Waals surface area contributed by atoms with Crippen molar-refractivity contribution in [2.75, 3.05) is 18.4 Å². The maximum Gasteiger partial charge on any atom is 0.138 e. The van der Waals surface area contributed by atoms with E-state index in [0.29, 0.717) is 0 Å². The third-order valence-electron chi connectivity index (χ3n) is 5.88. The average Bonchev–Trinajstić information content (AvgIpc) is 3.05. The summed E-state index contributed by atoms with van der Waals surface area (Å²) in [5.74, 6) is 0.270. The van der Waals surface area contributed by atoms with E-state index < -0.39 is 0 Å². The number of rotatable bonds is 3. The Morgan fingerprint density at radius 1 is 1.21 bits per heavy atom. The molecule has 148 valence electrons. The van der Waals surface area contributed by atoms with E-state index in [0.717, 1.165) is 55.1 Å². The normalized spacial score (nSPS) is 18.4. The van der Waals surface area contributed by atoms with E-state index in [-0.39, 0.29) is 11.8 Å². The SMILES string of the molecule is Cc1nnn2c1-c1ccc(C3=CCNCC3)cc1C(Nc1ccccc1O)CC2. The van der Waals surface area contributed by atoms with E-state index in [2.05, 4.69) is 45.2 Å². The van der Waals surface area contributed by atoms with Gasteiger partial charge in [-0.25, -0.2) is 4.68 Å². The number of nitrogens with zero attached hydrogens (tertiary/aromatic N) is 3. The fourth-order valence-corrected chi connectivity index (χ4v) is 4.38. The maximum atomic E-state index is 10.3. The third kappa shape index (κ3) is 3.29. The first-order valence-corrected chi connectivity index (χ1v) is 10.2. The van der Waals surface area contributed by atoms with Gasteiger partial charge in [0, 0.05) is 18.7 Å². The van der Waals surface area contributed by atoms with Crippen LogP contribution in [0.3, 0.4) is 0 Å². The summed E-state index contributed by atoms with van der Waals surface area (Å²) in [7, 11) is 0. The molecule has 3 heterocycles. The number of fused-ring (bicyclic) bond motifs is 3. The van der Waals surface area contributed by atoms with E-state index in [9.17, 15) is 5.11 Å². The lowest BCUT2D eigenvalue weighted by atomic mass is 9.90. The van der Waals surface area contributed by atoms with Crippen LogP contribution >= 0.6 is 0 Å². The molecule has 0 radical (unpaired) electrons. The number of aryl methyl sites for hydroxylation is 2. The lowest BCUT2D eigenvalue weighted by Gasteiger charge is -2.23. The summed E-state index contributed by atoms with van der Waals surface area (Å²) in [6.45, 7) is 4.72. The molecule has 0 amide bonds. The van der Waals surface area contributed by atoms with Crippen LogP contribution in [-0.2, 0) is 6.54 Å². The van der Waals surface area contributed by atoms with Gasteiger partial charge in [-0.05, 0) is 61.2 Å². The van der Waals surface area contributed by atoms with Crippen molar-refractivity contribution in [3.63, 3.8) is 0 Å². The lowest BCUT2D eigenvalue weighted by molar-refractivity contribution is 0.475. The van der Waals surface area contributed by atoms with Crippen LogP contribution in [0.15, 0.2) is 48.5 Å². The van der Waals surface area contributed by atoms with Crippen LogP contribution in [0.5, 0.6) is 5.75 Å². The molecule has 0 fully saturated rings. The topological polar surface area (TPSA) is 75.0 Å². The van der Waals surface area contributed by atoms with Gasteiger partial charge >= 0.3 is 0 Å². The van der Waals surface area contributed by atoms with Gasteiger partial charge in [-0.1, -0.05) is 35.6 Å². The molecule has 0 saturated heterocycles. The molecule has 3 N–H and O–H groups in total. The number of anilines is 1. The Morgan fingerprint density at radius 3 is 2.93 bits per heavy atom. The highest BCUT2D eigenvalue weighted by Crippen LogP contribution is 2.39. The fraction of sp³-hybridized carbons (Fsp3) is 0.304. The van der Waals surface area contributed by atoms with Crippen molar-refractivity contribution in [1.29, 1.82) is 0 Å². The molecule has 0 spiro atoms. The molecule has 3 aromatic rings. The molecule has 2 aromatic carbocycles. The summed E-state index contributed by atoms with van der Waals surface area (Å²) >= 11 is 0. The van der Waals surface area contributed by atoms with Crippen LogP contribution in [0.1, 0.15) is 35.7 Å². The third-order valence-corrected chi connectivity index (χ3v) is 5.88. The number of aromatic hydroxyl groups is 1. The molecule has 6 nitrogen and oxygen atoms in total. The van der Waals surface area contributed by atoms with Crippen LogP contribution in [0.25, 0.3) is 16.8 Å². The molecule has 2 aliphatic rings. The largest absolute Gasteiger partial charge is 0.506 e. The first kappa shape index (κ1) is 17.9. The summed E-state index contributed by atoms with van der Waals surface area (Å²) in [4.78, 5) is 0. The quantitative estimate of drug-likeness (QED) is 0.595. The highest BCUT2D eigenvalue weighted by Gasteiger charge is 2.26. The second kappa shape index (κ2) is 7.37. The van der Waals surface area contributed by atoms with Crippen molar-refractivity contribution in [3.8, 4) is 17.0 Å². The maximum absolute atomic E-state index is 10.3. The molecule has 1 unspecified atom stereocenters. The number of nitrogens with one attached hydrogen (secondary N) is 2. The Labute approximate surface area is 170 Å². The minimum atomic E-state index is 0.0710. The number of hydrogen-bond acceptors (Lipinski definition) is 5. The van der Waals surface area contributed by atoms with Crippen LogP contribution < -0.4 is 10.6 Å². The van der Waals surface area contributed by atoms with E-state index in [1.807, 2.05) is 29.8 Å². The van der Waals surface area contributed by atoms with Gasteiger partial charge < -0.3 is 15.7 Å². The van der Waals surface area contributed by atoms with Crippen molar-refractivity contribution in [2.24, 2.45) is 0 Å². The number of hydrogen-bond donors (Lipinski definition) is 3. The van der Waals surface area contributed by atoms with Gasteiger partial charge in [-0.2, -0.15) is 0 Å². The monoisotopic (exact) mass is 387 g/mol. The average molecular weight is 387 g/mol. The van der Waals surface area contributed by atoms with Crippen LogP contribution in [0.2, 0.25) is 0 Å². The van der Waals surface area contributed by atoms with E-state index in [1.54, 1.807) is 6.07 Å². The number of para-hydroxylation sites is 2. The predicted octanol–water partition coefficient (Wildman–Crippen LogP) is 3.89. The molecule has 0 aliphatic carbocycles. The van der Waals surface area contributed by atoms with Gasteiger partial charge in [0.1, 0.15) is 5.75 Å². The van der Waals surface area contributed by atoms with Crippen molar-refractivity contribution >= 4 is 11.3 Å². The molecule has 0 saturated carbocycles. The Kier molecular flexibility index (Phi) is 4.56. The predicted molar refractivity (Wildman–Crippen MR) is 115 cm³/mol. The second-order valence-electron chi connectivity index (χ2n) is 7.73. The van der Waals surface area contributed by atoms with Crippen molar-refractivity contribution < 1.29 is 5.11 Å². The van der Waals surface area contributed by atoms with Crippen LogP contribution in [0, 0.1) is 6.92 Å². The minimum absolute atomic E-state index is 0.0710. The van der Waals surface area contributed by atoms with Crippen molar-refractivity contribution in [1.82, 2.24) is 20.3 Å². The molecular formula is C23H25N5O. The summed E-state index contributed by atoms with van der Waals surface area (Å²) < 4.78 is 2.00. The number of aromatic nitrogens is 3. The summed E-state index contributed by atoms with van der Waals surface area (Å²) in [5, 5.41) is 25.9. The molecule has 6 heteroatoms.